The lowest BCUT2D eigenvalue weighted by molar-refractivity contribution is 0.414. The second-order valence-corrected chi connectivity index (χ2v) is 10.6. The van der Waals surface area contributed by atoms with E-state index in [2.05, 4.69) is 52.3 Å². The molecule has 36 heavy (non-hydrogen) atoms. The predicted molar refractivity (Wildman–Crippen MR) is 146 cm³/mol. The number of rotatable bonds is 4. The lowest BCUT2D eigenvalue weighted by Crippen LogP contribution is -2.38. The summed E-state index contributed by atoms with van der Waals surface area (Å²) in [7, 11) is 3.30. The molecule has 0 saturated heterocycles. The molecule has 0 amide bonds. The minimum Gasteiger partial charge on any atom is -0.497 e. The average molecular weight is 559 g/mol. The Labute approximate surface area is 220 Å². The first-order chi connectivity index (χ1) is 17.6. The molecule has 0 radical (unpaired) electrons. The van der Waals surface area contributed by atoms with E-state index >= 15 is 0 Å². The number of methoxy groups -OCH3 is 2. The van der Waals surface area contributed by atoms with Gasteiger partial charge in [-0.2, -0.15) is 0 Å². The maximum atomic E-state index is 13.9. The summed E-state index contributed by atoms with van der Waals surface area (Å²) in [5.41, 5.74) is 6.52. The van der Waals surface area contributed by atoms with Crippen molar-refractivity contribution in [2.45, 2.75) is 18.9 Å². The Morgan fingerprint density at radius 2 is 1.75 bits per heavy atom. The Balaban J connectivity index is 1.61. The van der Waals surface area contributed by atoms with Gasteiger partial charge in [0.15, 0.2) is 4.80 Å². The number of ether oxygens (including phenoxy) is 2. The van der Waals surface area contributed by atoms with Gasteiger partial charge < -0.3 is 9.47 Å². The summed E-state index contributed by atoms with van der Waals surface area (Å²) in [5.74, 6) is 1.53. The van der Waals surface area contributed by atoms with Crippen LogP contribution in [0.1, 0.15) is 34.7 Å². The van der Waals surface area contributed by atoms with Gasteiger partial charge in [-0.1, -0.05) is 63.7 Å². The van der Waals surface area contributed by atoms with Crippen molar-refractivity contribution in [3.05, 3.63) is 119 Å². The Hall–Kier alpha value is -3.42. The van der Waals surface area contributed by atoms with Crippen LogP contribution in [0, 0.1) is 0 Å². The van der Waals surface area contributed by atoms with Crippen molar-refractivity contribution in [2.24, 2.45) is 4.99 Å². The summed E-state index contributed by atoms with van der Waals surface area (Å²) in [6, 6.07) is 22.0. The predicted octanol–water partition coefficient (Wildman–Crippen LogP) is 5.10. The number of thiazole rings is 1. The van der Waals surface area contributed by atoms with Gasteiger partial charge in [0, 0.05) is 10.0 Å². The van der Waals surface area contributed by atoms with Crippen LogP contribution in [0.3, 0.4) is 0 Å². The molecule has 5 nitrogen and oxygen atoms in total. The van der Waals surface area contributed by atoms with E-state index in [0.29, 0.717) is 9.33 Å². The maximum absolute atomic E-state index is 13.9. The quantitative estimate of drug-likeness (QED) is 0.350. The Morgan fingerprint density at radius 1 is 1.00 bits per heavy atom. The fourth-order valence-corrected chi connectivity index (χ4v) is 6.36. The molecule has 3 aromatic carbocycles. The first kappa shape index (κ1) is 23.0. The minimum atomic E-state index is -0.216. The first-order valence-electron chi connectivity index (χ1n) is 11.7. The average Bonchev–Trinajstić information content (AvgIpc) is 3.23. The van der Waals surface area contributed by atoms with Crippen molar-refractivity contribution < 1.29 is 9.47 Å². The normalized spacial score (nSPS) is 16.6. The van der Waals surface area contributed by atoms with Gasteiger partial charge in [0.25, 0.3) is 5.56 Å². The summed E-state index contributed by atoms with van der Waals surface area (Å²) in [6.07, 6.45) is 3.70. The number of benzene rings is 3. The molecule has 1 atom stereocenters. The zero-order valence-corrected chi connectivity index (χ0v) is 22.2. The van der Waals surface area contributed by atoms with Gasteiger partial charge in [-0.15, -0.1) is 0 Å². The number of aryl methyl sites for hydroxylation is 1. The van der Waals surface area contributed by atoms with E-state index in [-0.39, 0.29) is 11.6 Å². The molecule has 0 bridgehead atoms. The highest BCUT2D eigenvalue weighted by molar-refractivity contribution is 9.10. The van der Waals surface area contributed by atoms with E-state index in [9.17, 15) is 4.79 Å². The third-order valence-corrected chi connectivity index (χ3v) is 8.50. The van der Waals surface area contributed by atoms with Crippen LogP contribution in [0.2, 0.25) is 0 Å². The highest BCUT2D eigenvalue weighted by Gasteiger charge is 2.32. The van der Waals surface area contributed by atoms with Gasteiger partial charge in [0.05, 0.1) is 30.5 Å². The fraction of sp³-hybridized carbons (Fsp3) is 0.172. The van der Waals surface area contributed by atoms with Crippen LogP contribution < -0.4 is 24.4 Å². The van der Waals surface area contributed by atoms with Gasteiger partial charge in [-0.3, -0.25) is 9.36 Å². The lowest BCUT2D eigenvalue weighted by Gasteiger charge is -2.30. The number of hydrogen-bond donors (Lipinski definition) is 0. The molecule has 1 aliphatic heterocycles. The largest absolute Gasteiger partial charge is 0.497 e. The molecule has 2 aliphatic rings. The fourth-order valence-electron chi connectivity index (χ4n) is 5.01. The van der Waals surface area contributed by atoms with Gasteiger partial charge in [-0.05, 0) is 71.5 Å². The third-order valence-electron chi connectivity index (χ3n) is 6.79. The molecule has 6 rings (SSSR count). The second kappa shape index (κ2) is 9.22. The topological polar surface area (TPSA) is 52.8 Å². The summed E-state index contributed by atoms with van der Waals surface area (Å²) in [6.45, 7) is 0. The Bertz CT molecular complexity index is 1700. The number of nitrogens with zero attached hydrogens (tertiary/aromatic N) is 2. The van der Waals surface area contributed by atoms with E-state index in [4.69, 9.17) is 14.5 Å². The van der Waals surface area contributed by atoms with Crippen molar-refractivity contribution >= 4 is 39.0 Å². The number of aromatic nitrogens is 1. The van der Waals surface area contributed by atoms with E-state index < -0.39 is 0 Å². The van der Waals surface area contributed by atoms with E-state index in [0.717, 1.165) is 51.2 Å². The zero-order chi connectivity index (χ0) is 24.8. The molecule has 180 valence electrons. The monoisotopic (exact) mass is 558 g/mol. The molecular weight excluding hydrogens is 536 g/mol. The van der Waals surface area contributed by atoms with Crippen LogP contribution in [0.5, 0.6) is 11.5 Å². The van der Waals surface area contributed by atoms with Crippen molar-refractivity contribution in [1.29, 1.82) is 0 Å². The molecule has 0 saturated carbocycles. The van der Waals surface area contributed by atoms with Crippen LogP contribution in [0.15, 0.2) is 86.6 Å². The second-order valence-electron chi connectivity index (χ2n) is 8.77. The van der Waals surface area contributed by atoms with E-state index in [1.165, 1.54) is 22.5 Å². The molecule has 1 aromatic heterocycles. The number of hydrogen-bond acceptors (Lipinski definition) is 5. The molecular formula is C29H23BrN2O3S. The molecule has 0 fully saturated rings. The van der Waals surface area contributed by atoms with Crippen molar-refractivity contribution in [1.82, 2.24) is 4.57 Å². The standard InChI is InChI=1S/C29H23BrN2O3S/c1-34-20-10-7-18(8-11-20)27-23-13-9-17-5-3-4-6-22(17)26(23)31-29-32(27)28(33)25(36-29)16-19-15-21(35-2)12-14-24(19)30/h3-8,10-12,14-16,27H,9,13H2,1-2H3/b25-16-/t27-/m1/s1. The van der Waals surface area contributed by atoms with Crippen LogP contribution >= 0.6 is 27.3 Å². The van der Waals surface area contributed by atoms with E-state index in [1.54, 1.807) is 14.2 Å². The Kier molecular flexibility index (Phi) is 5.90. The van der Waals surface area contributed by atoms with Crippen molar-refractivity contribution in [3.63, 3.8) is 0 Å². The van der Waals surface area contributed by atoms with Crippen LogP contribution in [0.25, 0.3) is 11.8 Å². The molecule has 0 N–H and O–H groups in total. The zero-order valence-electron chi connectivity index (χ0n) is 19.8. The van der Waals surface area contributed by atoms with Crippen molar-refractivity contribution in [3.8, 4) is 11.5 Å². The molecule has 4 aromatic rings. The SMILES string of the molecule is COc1ccc([C@@H]2C3=C(N=c4s/c(=C\c5cc(OC)ccc5Br)c(=O)n42)c2ccccc2CC3)cc1. The van der Waals surface area contributed by atoms with Crippen molar-refractivity contribution in [2.75, 3.05) is 14.2 Å². The summed E-state index contributed by atoms with van der Waals surface area (Å²) < 4.78 is 14.2. The van der Waals surface area contributed by atoms with Crippen LogP contribution in [0.4, 0.5) is 0 Å². The molecule has 0 spiro atoms. The smallest absolute Gasteiger partial charge is 0.271 e. The van der Waals surface area contributed by atoms with Gasteiger partial charge >= 0.3 is 0 Å². The maximum Gasteiger partial charge on any atom is 0.271 e. The van der Waals surface area contributed by atoms with Gasteiger partial charge in [-0.25, -0.2) is 4.99 Å². The minimum absolute atomic E-state index is 0.0419. The Morgan fingerprint density at radius 3 is 2.53 bits per heavy atom. The molecule has 1 aliphatic carbocycles. The molecule has 7 heteroatoms. The first-order valence-corrected chi connectivity index (χ1v) is 13.3. The third kappa shape index (κ3) is 3.83. The summed E-state index contributed by atoms with van der Waals surface area (Å²) >= 11 is 5.03. The number of allylic oxidation sites excluding steroid dienone is 1. The molecule has 2 heterocycles. The lowest BCUT2D eigenvalue weighted by atomic mass is 9.83. The van der Waals surface area contributed by atoms with Crippen LogP contribution in [-0.2, 0) is 6.42 Å². The number of fused-ring (bicyclic) bond motifs is 3. The van der Waals surface area contributed by atoms with Gasteiger partial charge in [0.2, 0.25) is 0 Å². The number of halogens is 1. The summed E-state index contributed by atoms with van der Waals surface area (Å²) in [4.78, 5) is 19.7. The van der Waals surface area contributed by atoms with Gasteiger partial charge in [0.1, 0.15) is 11.5 Å². The van der Waals surface area contributed by atoms with E-state index in [1.807, 2.05) is 41.0 Å². The highest BCUT2D eigenvalue weighted by Crippen LogP contribution is 2.41. The molecule has 0 unspecified atom stereocenters. The summed E-state index contributed by atoms with van der Waals surface area (Å²) in [5, 5.41) is 0. The highest BCUT2D eigenvalue weighted by atomic mass is 79.9. The van der Waals surface area contributed by atoms with Crippen LogP contribution in [-0.4, -0.2) is 18.8 Å².